The van der Waals surface area contributed by atoms with E-state index in [9.17, 15) is 0 Å². The Morgan fingerprint density at radius 2 is 2.10 bits per heavy atom. The average molecular weight is 137 g/mol. The van der Waals surface area contributed by atoms with Crippen LogP contribution in [0.2, 0.25) is 0 Å². The molecule has 0 aliphatic rings. The fourth-order valence-electron chi connectivity index (χ4n) is 0.374. The molecule has 0 aromatic rings. The van der Waals surface area contributed by atoms with Gasteiger partial charge in [-0.3, -0.25) is 4.99 Å². The van der Waals surface area contributed by atoms with E-state index < -0.39 is 0 Å². The third-order valence-corrected chi connectivity index (χ3v) is 1.22. The lowest BCUT2D eigenvalue weighted by Gasteiger charge is -1.99. The van der Waals surface area contributed by atoms with Crippen molar-refractivity contribution in [2.24, 2.45) is 10.9 Å². The van der Waals surface area contributed by atoms with E-state index in [1.807, 2.05) is 13.0 Å². The Kier molecular flexibility index (Phi) is 4.55. The van der Waals surface area contributed by atoms with Gasteiger partial charge in [0.25, 0.3) is 0 Å². The molecule has 0 fully saturated rings. The Labute approximate surface area is 63.2 Å². The smallest absolute Gasteiger partial charge is 0.0296 e. The summed E-state index contributed by atoms with van der Waals surface area (Å²) in [4.78, 5) is 4.01. The van der Waals surface area contributed by atoms with Crippen LogP contribution in [0.15, 0.2) is 29.4 Å². The first kappa shape index (κ1) is 9.15. The highest BCUT2D eigenvalue weighted by Crippen LogP contribution is 2.02. The predicted octanol–water partition coefficient (Wildman–Crippen LogP) is 2.80. The van der Waals surface area contributed by atoms with Gasteiger partial charge >= 0.3 is 0 Å². The van der Waals surface area contributed by atoms with E-state index in [1.165, 1.54) is 0 Å². The highest BCUT2D eigenvalue weighted by Gasteiger charge is 1.93. The molecular formula is C9H15N. The van der Waals surface area contributed by atoms with Crippen molar-refractivity contribution in [2.75, 3.05) is 0 Å². The van der Waals surface area contributed by atoms with Crippen LogP contribution in [-0.2, 0) is 0 Å². The molecule has 1 nitrogen and oxygen atoms in total. The monoisotopic (exact) mass is 137 g/mol. The minimum absolute atomic E-state index is 0.494. The number of allylic oxidation sites excluding steroid dienone is 2. The summed E-state index contributed by atoms with van der Waals surface area (Å²) >= 11 is 0. The Balaban J connectivity index is 3.78. The van der Waals surface area contributed by atoms with Crippen molar-refractivity contribution >= 4 is 6.21 Å². The van der Waals surface area contributed by atoms with Crippen molar-refractivity contribution in [3.05, 3.63) is 24.4 Å². The van der Waals surface area contributed by atoms with Crippen molar-refractivity contribution in [1.29, 1.82) is 0 Å². The molecule has 0 amide bonds. The van der Waals surface area contributed by atoms with Crippen molar-refractivity contribution in [3.8, 4) is 0 Å². The molecule has 0 N–H and O–H groups in total. The van der Waals surface area contributed by atoms with Crippen molar-refractivity contribution in [2.45, 2.75) is 20.8 Å². The first-order valence-corrected chi connectivity index (χ1v) is 3.51. The molecule has 0 rings (SSSR count). The fourth-order valence-corrected chi connectivity index (χ4v) is 0.374. The van der Waals surface area contributed by atoms with Gasteiger partial charge in [0.05, 0.1) is 0 Å². The van der Waals surface area contributed by atoms with Gasteiger partial charge in [-0.25, -0.2) is 0 Å². The van der Waals surface area contributed by atoms with E-state index in [1.54, 1.807) is 12.4 Å². The minimum Gasteiger partial charge on any atom is -0.265 e. The maximum Gasteiger partial charge on any atom is 0.0296 e. The van der Waals surface area contributed by atoms with Gasteiger partial charge in [-0.2, -0.15) is 0 Å². The molecule has 0 saturated carbocycles. The fraction of sp³-hybridized carbons (Fsp3) is 0.444. The Morgan fingerprint density at radius 1 is 1.50 bits per heavy atom. The zero-order valence-electron chi connectivity index (χ0n) is 6.96. The van der Waals surface area contributed by atoms with Crippen molar-refractivity contribution in [1.82, 2.24) is 0 Å². The zero-order valence-corrected chi connectivity index (χ0v) is 6.96. The summed E-state index contributed by atoms with van der Waals surface area (Å²) in [6.07, 6.45) is 5.45. The lowest BCUT2D eigenvalue weighted by Crippen LogP contribution is -1.91. The van der Waals surface area contributed by atoms with E-state index in [0.717, 1.165) is 5.57 Å². The highest BCUT2D eigenvalue weighted by atomic mass is 14.7. The summed E-state index contributed by atoms with van der Waals surface area (Å²) in [5.74, 6) is 0.494. The van der Waals surface area contributed by atoms with Crippen LogP contribution in [0.3, 0.4) is 0 Å². The number of nitrogens with zero attached hydrogens (tertiary/aromatic N) is 1. The number of hydrogen-bond donors (Lipinski definition) is 0. The van der Waals surface area contributed by atoms with Gasteiger partial charge in [0.15, 0.2) is 0 Å². The normalized spacial score (nSPS) is 12.0. The molecule has 0 atom stereocenters. The Morgan fingerprint density at radius 3 is 2.50 bits per heavy atom. The standard InChI is InChI=1S/C9H15N/c1-5-6-10-7-9(4)8(2)3/h5-8H,4H2,1-3H3/b6-5-,10-7-. The molecule has 0 spiro atoms. The van der Waals surface area contributed by atoms with Crippen LogP contribution in [0, 0.1) is 5.92 Å². The van der Waals surface area contributed by atoms with Crippen LogP contribution < -0.4 is 0 Å². The largest absolute Gasteiger partial charge is 0.265 e. The van der Waals surface area contributed by atoms with Gasteiger partial charge in [-0.05, 0) is 18.4 Å². The molecule has 0 unspecified atom stereocenters. The van der Waals surface area contributed by atoms with Crippen LogP contribution in [0.4, 0.5) is 0 Å². The quantitative estimate of drug-likeness (QED) is 0.530. The maximum atomic E-state index is 4.01. The van der Waals surface area contributed by atoms with Crippen LogP contribution in [0.5, 0.6) is 0 Å². The summed E-state index contributed by atoms with van der Waals surface area (Å²) in [7, 11) is 0. The second-order valence-electron chi connectivity index (χ2n) is 2.49. The first-order chi connectivity index (χ1) is 4.68. The van der Waals surface area contributed by atoms with Crippen molar-refractivity contribution < 1.29 is 0 Å². The van der Waals surface area contributed by atoms with E-state index in [-0.39, 0.29) is 0 Å². The lowest BCUT2D eigenvalue weighted by atomic mass is 10.1. The number of aliphatic imine (C=N–C) groups is 1. The third kappa shape index (κ3) is 4.07. The molecule has 0 aromatic heterocycles. The average Bonchev–Trinajstić information content (AvgIpc) is 1.88. The molecule has 0 aromatic carbocycles. The second-order valence-corrected chi connectivity index (χ2v) is 2.49. The molecule has 0 bridgehead atoms. The molecule has 0 saturated heterocycles. The first-order valence-electron chi connectivity index (χ1n) is 3.51. The maximum absolute atomic E-state index is 4.01. The molecule has 56 valence electrons. The third-order valence-electron chi connectivity index (χ3n) is 1.22. The summed E-state index contributed by atoms with van der Waals surface area (Å²) in [5, 5.41) is 0. The van der Waals surface area contributed by atoms with Gasteiger partial charge in [0.2, 0.25) is 0 Å². The highest BCUT2D eigenvalue weighted by molar-refractivity contribution is 5.78. The van der Waals surface area contributed by atoms with Gasteiger partial charge in [0, 0.05) is 12.4 Å². The number of rotatable bonds is 3. The van der Waals surface area contributed by atoms with Crippen LogP contribution in [0.25, 0.3) is 0 Å². The molecular weight excluding hydrogens is 122 g/mol. The number of hydrogen-bond acceptors (Lipinski definition) is 1. The SMILES string of the molecule is C=C(/C=N\C=C/C)C(C)C. The zero-order chi connectivity index (χ0) is 7.98. The molecule has 0 aliphatic heterocycles. The Bertz CT molecular complexity index is 152. The van der Waals surface area contributed by atoms with E-state index in [0.29, 0.717) is 5.92 Å². The van der Waals surface area contributed by atoms with Gasteiger partial charge < -0.3 is 0 Å². The summed E-state index contributed by atoms with van der Waals surface area (Å²) in [6.45, 7) is 9.99. The topological polar surface area (TPSA) is 12.4 Å². The molecule has 0 heterocycles. The molecule has 0 radical (unpaired) electrons. The van der Waals surface area contributed by atoms with Crippen LogP contribution >= 0.6 is 0 Å². The summed E-state index contributed by atoms with van der Waals surface area (Å²) < 4.78 is 0. The van der Waals surface area contributed by atoms with Crippen molar-refractivity contribution in [3.63, 3.8) is 0 Å². The van der Waals surface area contributed by atoms with Crippen LogP contribution in [-0.4, -0.2) is 6.21 Å². The summed E-state index contributed by atoms with van der Waals surface area (Å²) in [5.41, 5.74) is 1.07. The molecule has 0 aliphatic carbocycles. The van der Waals surface area contributed by atoms with E-state index >= 15 is 0 Å². The van der Waals surface area contributed by atoms with Gasteiger partial charge in [-0.15, -0.1) is 0 Å². The van der Waals surface area contributed by atoms with Crippen LogP contribution in [0.1, 0.15) is 20.8 Å². The van der Waals surface area contributed by atoms with Gasteiger partial charge in [-0.1, -0.05) is 26.5 Å². The lowest BCUT2D eigenvalue weighted by molar-refractivity contribution is 0.810. The second kappa shape index (κ2) is 4.98. The molecule has 10 heavy (non-hydrogen) atoms. The Hall–Kier alpha value is -0.850. The minimum atomic E-state index is 0.494. The van der Waals surface area contributed by atoms with E-state index in [4.69, 9.17) is 0 Å². The molecule has 1 heteroatoms. The summed E-state index contributed by atoms with van der Waals surface area (Å²) in [6, 6.07) is 0. The van der Waals surface area contributed by atoms with Gasteiger partial charge in [0.1, 0.15) is 0 Å². The van der Waals surface area contributed by atoms with E-state index in [2.05, 4.69) is 25.4 Å². The predicted molar refractivity (Wildman–Crippen MR) is 47.3 cm³/mol.